The number of carbonyl (C=O) groups excluding carboxylic acids is 1. The van der Waals surface area contributed by atoms with Crippen molar-refractivity contribution in [1.82, 2.24) is 9.97 Å². The first-order valence-corrected chi connectivity index (χ1v) is 8.67. The Morgan fingerprint density at radius 3 is 2.96 bits per heavy atom. The maximum absolute atomic E-state index is 11.6. The van der Waals surface area contributed by atoms with Crippen LogP contribution < -0.4 is 15.5 Å². The molecule has 1 aliphatic heterocycles. The topological polar surface area (TPSA) is 93.9 Å². The van der Waals surface area contributed by atoms with Gasteiger partial charge in [-0.05, 0) is 38.0 Å². The zero-order valence-electron chi connectivity index (χ0n) is 15.0. The molecule has 0 saturated carbocycles. The van der Waals surface area contributed by atoms with Gasteiger partial charge in [0.05, 0.1) is 11.3 Å². The number of nitriles is 1. The number of rotatable bonds is 6. The Hall–Kier alpha value is -3.14. The number of benzene rings is 1. The van der Waals surface area contributed by atoms with Crippen molar-refractivity contribution in [2.45, 2.75) is 25.8 Å². The van der Waals surface area contributed by atoms with E-state index >= 15 is 0 Å². The number of nitrogens with zero attached hydrogens (tertiary/aromatic N) is 4. The molecule has 1 atom stereocenters. The van der Waals surface area contributed by atoms with Crippen LogP contribution in [0.2, 0.25) is 0 Å². The average molecular weight is 350 g/mol. The number of hydrogen-bond acceptors (Lipinski definition) is 7. The monoisotopic (exact) mass is 350 g/mol. The van der Waals surface area contributed by atoms with E-state index in [2.05, 4.69) is 31.6 Å². The molecular formula is C19H22N6O. The second-order valence-electron chi connectivity index (χ2n) is 6.31. The van der Waals surface area contributed by atoms with Crippen LogP contribution in [0.25, 0.3) is 0 Å². The van der Waals surface area contributed by atoms with Gasteiger partial charge in [-0.3, -0.25) is 4.79 Å². The summed E-state index contributed by atoms with van der Waals surface area (Å²) < 4.78 is 0. The fourth-order valence-corrected chi connectivity index (χ4v) is 3.23. The Bertz CT molecular complexity index is 844. The number of Topliss-reactive ketones (excluding diaryl/α,β-unsaturated/α-hetero) is 1. The van der Waals surface area contributed by atoms with Gasteiger partial charge in [0.1, 0.15) is 24.0 Å². The lowest BCUT2D eigenvalue weighted by Gasteiger charge is -2.26. The molecule has 7 heteroatoms. The van der Waals surface area contributed by atoms with Gasteiger partial charge >= 0.3 is 0 Å². The number of nitrogens with one attached hydrogen (secondary N) is 2. The number of ketones is 1. The van der Waals surface area contributed by atoms with Gasteiger partial charge < -0.3 is 15.5 Å². The Labute approximate surface area is 153 Å². The van der Waals surface area contributed by atoms with Crippen molar-refractivity contribution in [3.8, 4) is 6.07 Å². The Kier molecular flexibility index (Phi) is 5.32. The molecule has 2 aromatic rings. The minimum absolute atomic E-state index is 0.0133. The molecule has 1 aliphatic rings. The van der Waals surface area contributed by atoms with Crippen LogP contribution in [0.5, 0.6) is 0 Å². The summed E-state index contributed by atoms with van der Waals surface area (Å²) >= 11 is 0. The van der Waals surface area contributed by atoms with Gasteiger partial charge in [-0.2, -0.15) is 5.26 Å². The van der Waals surface area contributed by atoms with E-state index in [0.717, 1.165) is 31.0 Å². The zero-order valence-corrected chi connectivity index (χ0v) is 15.0. The largest absolute Gasteiger partial charge is 0.382 e. The summed E-state index contributed by atoms with van der Waals surface area (Å²) in [6.07, 6.45) is 3.69. The molecule has 26 heavy (non-hydrogen) atoms. The average Bonchev–Trinajstić information content (AvgIpc) is 3.14. The van der Waals surface area contributed by atoms with E-state index in [1.165, 1.54) is 6.92 Å². The lowest BCUT2D eigenvalue weighted by atomic mass is 10.1. The van der Waals surface area contributed by atoms with Crippen LogP contribution in [0.4, 0.5) is 17.3 Å². The van der Waals surface area contributed by atoms with E-state index in [1.54, 1.807) is 24.5 Å². The predicted molar refractivity (Wildman–Crippen MR) is 102 cm³/mol. The number of anilines is 3. The van der Waals surface area contributed by atoms with Crippen molar-refractivity contribution >= 4 is 23.1 Å². The first kappa shape index (κ1) is 17.7. The van der Waals surface area contributed by atoms with Crippen molar-refractivity contribution in [2.75, 3.05) is 35.7 Å². The second kappa shape index (κ2) is 7.83. The van der Waals surface area contributed by atoms with Crippen molar-refractivity contribution < 1.29 is 4.79 Å². The SMILES string of the molecule is CNc1cc(N2CCCC2CNc2cc(C(C)=O)ccc2C#N)ncn1. The molecule has 1 fully saturated rings. The predicted octanol–water partition coefficient (Wildman–Crippen LogP) is 2.67. The summed E-state index contributed by atoms with van der Waals surface area (Å²) in [7, 11) is 1.83. The molecule has 1 aromatic heterocycles. The van der Waals surface area contributed by atoms with Crippen LogP contribution in [0.15, 0.2) is 30.6 Å². The lowest BCUT2D eigenvalue weighted by molar-refractivity contribution is 0.101. The molecule has 0 spiro atoms. The van der Waals surface area contributed by atoms with Gasteiger partial charge in [0.15, 0.2) is 5.78 Å². The highest BCUT2D eigenvalue weighted by Crippen LogP contribution is 2.26. The third-order valence-corrected chi connectivity index (χ3v) is 4.65. The Balaban J connectivity index is 1.75. The lowest BCUT2D eigenvalue weighted by Crippen LogP contribution is -2.35. The maximum Gasteiger partial charge on any atom is 0.159 e. The summed E-state index contributed by atoms with van der Waals surface area (Å²) in [6.45, 7) is 3.14. The Morgan fingerprint density at radius 2 is 2.23 bits per heavy atom. The van der Waals surface area contributed by atoms with Gasteiger partial charge in [-0.25, -0.2) is 9.97 Å². The zero-order chi connectivity index (χ0) is 18.5. The van der Waals surface area contributed by atoms with Gasteiger partial charge in [-0.1, -0.05) is 0 Å². The maximum atomic E-state index is 11.6. The van der Waals surface area contributed by atoms with E-state index in [0.29, 0.717) is 23.4 Å². The van der Waals surface area contributed by atoms with Crippen LogP contribution in [0.3, 0.4) is 0 Å². The molecule has 2 heterocycles. The second-order valence-corrected chi connectivity index (χ2v) is 6.31. The summed E-state index contributed by atoms with van der Waals surface area (Å²) in [5.74, 6) is 1.67. The van der Waals surface area contributed by atoms with E-state index in [4.69, 9.17) is 0 Å². The van der Waals surface area contributed by atoms with Crippen LogP contribution >= 0.6 is 0 Å². The van der Waals surface area contributed by atoms with E-state index in [1.807, 2.05) is 13.1 Å². The Morgan fingerprint density at radius 1 is 1.38 bits per heavy atom. The van der Waals surface area contributed by atoms with Gasteiger partial charge in [-0.15, -0.1) is 0 Å². The van der Waals surface area contributed by atoms with E-state index in [9.17, 15) is 10.1 Å². The normalized spacial score (nSPS) is 16.2. The number of aromatic nitrogens is 2. The third-order valence-electron chi connectivity index (χ3n) is 4.65. The van der Waals surface area contributed by atoms with Crippen LogP contribution in [0, 0.1) is 11.3 Å². The molecule has 0 aliphatic carbocycles. The first-order valence-electron chi connectivity index (χ1n) is 8.67. The highest BCUT2D eigenvalue weighted by molar-refractivity contribution is 5.95. The molecule has 0 bridgehead atoms. The highest BCUT2D eigenvalue weighted by Gasteiger charge is 2.26. The summed E-state index contributed by atoms with van der Waals surface area (Å²) in [5.41, 5.74) is 1.84. The fourth-order valence-electron chi connectivity index (χ4n) is 3.23. The minimum Gasteiger partial charge on any atom is -0.382 e. The van der Waals surface area contributed by atoms with Crippen LogP contribution in [0.1, 0.15) is 35.7 Å². The van der Waals surface area contributed by atoms with E-state index in [-0.39, 0.29) is 11.8 Å². The molecular weight excluding hydrogens is 328 g/mol. The van der Waals surface area contributed by atoms with Gasteiger partial charge in [0.25, 0.3) is 0 Å². The summed E-state index contributed by atoms with van der Waals surface area (Å²) in [6, 6.07) is 9.52. The summed E-state index contributed by atoms with van der Waals surface area (Å²) in [4.78, 5) is 22.4. The molecule has 1 unspecified atom stereocenters. The van der Waals surface area contributed by atoms with Crippen molar-refractivity contribution in [3.05, 3.63) is 41.7 Å². The van der Waals surface area contributed by atoms with Crippen molar-refractivity contribution in [1.29, 1.82) is 5.26 Å². The minimum atomic E-state index is -0.0133. The van der Waals surface area contributed by atoms with Crippen LogP contribution in [-0.2, 0) is 0 Å². The molecule has 1 saturated heterocycles. The molecule has 1 aromatic carbocycles. The smallest absolute Gasteiger partial charge is 0.159 e. The molecule has 134 valence electrons. The van der Waals surface area contributed by atoms with Crippen LogP contribution in [-0.4, -0.2) is 41.9 Å². The highest BCUT2D eigenvalue weighted by atomic mass is 16.1. The van der Waals surface area contributed by atoms with Crippen molar-refractivity contribution in [3.63, 3.8) is 0 Å². The van der Waals surface area contributed by atoms with Crippen molar-refractivity contribution in [2.24, 2.45) is 0 Å². The molecule has 7 nitrogen and oxygen atoms in total. The fraction of sp³-hybridized carbons (Fsp3) is 0.368. The van der Waals surface area contributed by atoms with Gasteiger partial charge in [0.2, 0.25) is 0 Å². The first-order chi connectivity index (χ1) is 12.6. The molecule has 2 N–H and O–H groups in total. The molecule has 3 rings (SSSR count). The summed E-state index contributed by atoms with van der Waals surface area (Å²) in [5, 5.41) is 15.7. The number of carbonyl (C=O) groups is 1. The molecule has 0 amide bonds. The third kappa shape index (κ3) is 3.75. The quantitative estimate of drug-likeness (QED) is 0.774. The number of hydrogen-bond donors (Lipinski definition) is 2. The molecule has 0 radical (unpaired) electrons. The standard InChI is InChI=1S/C19H22N6O/c1-13(26)14-5-6-15(10-20)17(8-14)22-11-16-4-3-7-25(16)19-9-18(21-2)23-12-24-19/h5-6,8-9,12,16,22H,3-4,7,11H2,1-2H3,(H,21,23,24). The van der Waals surface area contributed by atoms with Gasteiger partial charge in [0, 0.05) is 37.8 Å². The van der Waals surface area contributed by atoms with E-state index < -0.39 is 0 Å².